The molecule has 1 aromatic rings. The van der Waals surface area contributed by atoms with E-state index in [4.69, 9.17) is 9.47 Å². The molecule has 2 aliphatic rings. The molecule has 2 fully saturated rings. The Morgan fingerprint density at radius 2 is 2.12 bits per heavy atom. The van der Waals surface area contributed by atoms with Crippen LogP contribution in [0.15, 0.2) is 18.3 Å². The lowest BCUT2D eigenvalue weighted by Crippen LogP contribution is -2.48. The molecule has 0 radical (unpaired) electrons. The summed E-state index contributed by atoms with van der Waals surface area (Å²) in [5.74, 6) is 0.131. The molecule has 24 heavy (non-hydrogen) atoms. The normalized spacial score (nSPS) is 22.6. The minimum atomic E-state index is -2.59. The van der Waals surface area contributed by atoms with E-state index in [1.54, 1.807) is 12.1 Å². The van der Waals surface area contributed by atoms with Crippen LogP contribution in [0.4, 0.5) is 8.78 Å². The highest BCUT2D eigenvalue weighted by atomic mass is 19.3. The zero-order chi connectivity index (χ0) is 16.9. The lowest BCUT2D eigenvalue weighted by molar-refractivity contribution is -0.0942. The average molecular weight is 340 g/mol. The molecule has 1 unspecified atom stereocenters. The van der Waals surface area contributed by atoms with Crippen molar-refractivity contribution in [1.29, 1.82) is 0 Å². The zero-order valence-corrected chi connectivity index (χ0v) is 13.5. The van der Waals surface area contributed by atoms with Crippen molar-refractivity contribution in [2.75, 3.05) is 19.7 Å². The summed E-state index contributed by atoms with van der Waals surface area (Å²) in [5, 5.41) is 0. The highest BCUT2D eigenvalue weighted by Gasteiger charge is 2.31. The molecule has 7 heteroatoms. The van der Waals surface area contributed by atoms with Crippen LogP contribution in [-0.2, 0) is 4.74 Å². The predicted molar refractivity (Wildman–Crippen MR) is 83.4 cm³/mol. The summed E-state index contributed by atoms with van der Waals surface area (Å²) < 4.78 is 36.4. The van der Waals surface area contributed by atoms with Gasteiger partial charge in [0.2, 0.25) is 5.88 Å². The van der Waals surface area contributed by atoms with Gasteiger partial charge in [-0.3, -0.25) is 4.79 Å². The largest absolute Gasteiger partial charge is 0.474 e. The first-order valence-electron chi connectivity index (χ1n) is 8.45. The van der Waals surface area contributed by atoms with E-state index < -0.39 is 12.5 Å². The molecular formula is C17H22F2N2O3. The Morgan fingerprint density at radius 3 is 2.88 bits per heavy atom. The predicted octanol–water partition coefficient (Wildman–Crippen LogP) is 2.90. The van der Waals surface area contributed by atoms with Crippen LogP contribution < -0.4 is 4.74 Å². The summed E-state index contributed by atoms with van der Waals surface area (Å²) in [6, 6.07) is 3.19. The van der Waals surface area contributed by atoms with Gasteiger partial charge in [0.25, 0.3) is 12.3 Å². The van der Waals surface area contributed by atoms with Gasteiger partial charge < -0.3 is 14.4 Å². The highest BCUT2D eigenvalue weighted by Crippen LogP contribution is 2.23. The molecule has 1 amide bonds. The summed E-state index contributed by atoms with van der Waals surface area (Å²) in [6.07, 6.45) is 3.37. The maximum Gasteiger partial charge on any atom is 0.266 e. The molecular weight excluding hydrogens is 318 g/mol. The van der Waals surface area contributed by atoms with Crippen molar-refractivity contribution in [3.63, 3.8) is 0 Å². The van der Waals surface area contributed by atoms with Crippen LogP contribution >= 0.6 is 0 Å². The fourth-order valence-corrected chi connectivity index (χ4v) is 3.16. The third-order valence-electron chi connectivity index (χ3n) is 4.48. The number of pyridine rings is 1. The summed E-state index contributed by atoms with van der Waals surface area (Å²) in [6.45, 7) is 0.331. The lowest BCUT2D eigenvalue weighted by atomic mass is 9.98. The van der Waals surface area contributed by atoms with Crippen molar-refractivity contribution in [3.8, 4) is 5.88 Å². The standard InChI is InChI=1S/C17H22F2N2O3/c18-16(19)14-11-21(8-9-23-14)17(22)12-6-7-20-15(10-12)24-13-4-2-1-3-5-13/h6-7,10,13-14,16H,1-5,8-9,11H2. The summed E-state index contributed by atoms with van der Waals surface area (Å²) in [5.41, 5.74) is 0.408. The highest BCUT2D eigenvalue weighted by molar-refractivity contribution is 5.94. The molecule has 1 saturated carbocycles. The number of hydrogen-bond acceptors (Lipinski definition) is 4. The van der Waals surface area contributed by atoms with Crippen LogP contribution in [0.5, 0.6) is 5.88 Å². The van der Waals surface area contributed by atoms with Crippen molar-refractivity contribution in [3.05, 3.63) is 23.9 Å². The minimum Gasteiger partial charge on any atom is -0.474 e. The molecule has 1 aromatic heterocycles. The minimum absolute atomic E-state index is 0.0996. The van der Waals surface area contributed by atoms with E-state index in [1.807, 2.05) is 0 Å². The van der Waals surface area contributed by atoms with E-state index in [-0.39, 0.29) is 25.2 Å². The first kappa shape index (κ1) is 17.1. The molecule has 1 saturated heterocycles. The van der Waals surface area contributed by atoms with Crippen LogP contribution in [0.2, 0.25) is 0 Å². The Hall–Kier alpha value is -1.76. The van der Waals surface area contributed by atoms with Crippen LogP contribution in [0.3, 0.4) is 0 Å². The molecule has 0 bridgehead atoms. The van der Waals surface area contributed by atoms with Gasteiger partial charge in [0.05, 0.1) is 13.2 Å². The van der Waals surface area contributed by atoms with E-state index in [0.717, 1.165) is 25.7 Å². The van der Waals surface area contributed by atoms with Gasteiger partial charge in [0, 0.05) is 24.4 Å². The summed E-state index contributed by atoms with van der Waals surface area (Å²) in [4.78, 5) is 18.1. The number of halogens is 2. The second-order valence-electron chi connectivity index (χ2n) is 6.26. The van der Waals surface area contributed by atoms with E-state index in [2.05, 4.69) is 4.98 Å². The van der Waals surface area contributed by atoms with E-state index in [0.29, 0.717) is 18.0 Å². The molecule has 1 atom stereocenters. The third-order valence-corrected chi connectivity index (χ3v) is 4.48. The first-order chi connectivity index (χ1) is 11.6. The van der Waals surface area contributed by atoms with E-state index in [1.165, 1.54) is 17.5 Å². The molecule has 0 N–H and O–H groups in total. The number of carbonyl (C=O) groups is 1. The molecule has 5 nitrogen and oxygen atoms in total. The molecule has 3 rings (SSSR count). The first-order valence-corrected chi connectivity index (χ1v) is 8.45. The third kappa shape index (κ3) is 4.20. The van der Waals surface area contributed by atoms with Gasteiger partial charge >= 0.3 is 0 Å². The second kappa shape index (κ2) is 7.88. The topological polar surface area (TPSA) is 51.7 Å². The van der Waals surface area contributed by atoms with Gasteiger partial charge in [-0.2, -0.15) is 0 Å². The Labute approximate surface area is 139 Å². The Balaban J connectivity index is 1.65. The molecule has 0 spiro atoms. The number of aromatic nitrogens is 1. The van der Waals surface area contributed by atoms with Crippen LogP contribution in [0, 0.1) is 0 Å². The van der Waals surface area contributed by atoms with Gasteiger partial charge in [0.1, 0.15) is 12.2 Å². The SMILES string of the molecule is O=C(c1ccnc(OC2CCCCC2)c1)N1CCOC(C(F)F)C1. The summed E-state index contributed by atoms with van der Waals surface area (Å²) in [7, 11) is 0. The number of alkyl halides is 2. The van der Waals surface area contributed by atoms with Gasteiger partial charge in [0.15, 0.2) is 0 Å². The number of amides is 1. The number of ether oxygens (including phenoxy) is 2. The van der Waals surface area contributed by atoms with Crippen LogP contribution in [0.1, 0.15) is 42.5 Å². The van der Waals surface area contributed by atoms with E-state index >= 15 is 0 Å². The maximum absolute atomic E-state index is 12.8. The van der Waals surface area contributed by atoms with Gasteiger partial charge in [-0.15, -0.1) is 0 Å². The summed E-state index contributed by atoms with van der Waals surface area (Å²) >= 11 is 0. The van der Waals surface area contributed by atoms with Crippen LogP contribution in [0.25, 0.3) is 0 Å². The van der Waals surface area contributed by atoms with Crippen molar-refractivity contribution in [1.82, 2.24) is 9.88 Å². The molecule has 0 aromatic carbocycles. The smallest absolute Gasteiger partial charge is 0.266 e. The second-order valence-corrected chi connectivity index (χ2v) is 6.26. The Bertz CT molecular complexity index is 565. The zero-order valence-electron chi connectivity index (χ0n) is 13.5. The number of morpholine rings is 1. The van der Waals surface area contributed by atoms with Gasteiger partial charge in [-0.05, 0) is 31.7 Å². The monoisotopic (exact) mass is 340 g/mol. The van der Waals surface area contributed by atoms with Crippen LogP contribution in [-0.4, -0.2) is 54.1 Å². The number of hydrogen-bond donors (Lipinski definition) is 0. The van der Waals surface area contributed by atoms with Crippen molar-refractivity contribution < 1.29 is 23.0 Å². The molecule has 1 aliphatic carbocycles. The Morgan fingerprint density at radius 1 is 1.33 bits per heavy atom. The molecule has 1 aliphatic heterocycles. The van der Waals surface area contributed by atoms with Crippen molar-refractivity contribution in [2.24, 2.45) is 0 Å². The number of rotatable bonds is 4. The van der Waals surface area contributed by atoms with E-state index in [9.17, 15) is 13.6 Å². The van der Waals surface area contributed by atoms with Crippen molar-refractivity contribution in [2.45, 2.75) is 50.7 Å². The molecule has 132 valence electrons. The number of nitrogens with zero attached hydrogens (tertiary/aromatic N) is 2. The lowest BCUT2D eigenvalue weighted by Gasteiger charge is -2.32. The maximum atomic E-state index is 12.8. The Kier molecular flexibility index (Phi) is 5.60. The van der Waals surface area contributed by atoms with Gasteiger partial charge in [-0.25, -0.2) is 13.8 Å². The van der Waals surface area contributed by atoms with Gasteiger partial charge in [-0.1, -0.05) is 6.42 Å². The quantitative estimate of drug-likeness (QED) is 0.846. The van der Waals surface area contributed by atoms with Crippen molar-refractivity contribution >= 4 is 5.91 Å². The fourth-order valence-electron chi connectivity index (χ4n) is 3.16. The average Bonchev–Trinajstić information content (AvgIpc) is 2.62. The number of carbonyl (C=O) groups excluding carboxylic acids is 1. The molecule has 2 heterocycles. The fraction of sp³-hybridized carbons (Fsp3) is 0.647.